The molecule has 0 bridgehead atoms. The number of hydrogen-bond donors (Lipinski definition) is 0. The lowest BCUT2D eigenvalue weighted by atomic mass is 10.3. The summed E-state index contributed by atoms with van der Waals surface area (Å²) in [4.78, 5) is 4.37. The van der Waals surface area contributed by atoms with Gasteiger partial charge in [0.05, 0.1) is 5.02 Å². The lowest BCUT2D eigenvalue weighted by Crippen LogP contribution is -2.07. The van der Waals surface area contributed by atoms with Gasteiger partial charge < -0.3 is 9.30 Å². The van der Waals surface area contributed by atoms with Crippen LogP contribution in [0.1, 0.15) is 30.4 Å². The third kappa shape index (κ3) is 4.19. The molecule has 1 aromatic carbocycles. The molecular weight excluding hydrogens is 368 g/mol. The summed E-state index contributed by atoms with van der Waals surface area (Å²) >= 11 is 7.88. The Kier molecular flexibility index (Phi) is 5.41. The Morgan fingerprint density at radius 3 is 2.73 bits per heavy atom. The number of benzene rings is 1. The van der Waals surface area contributed by atoms with E-state index >= 15 is 0 Å². The molecule has 0 spiro atoms. The smallest absolute Gasteiger partial charge is 0.191 e. The third-order valence-electron chi connectivity index (χ3n) is 4.16. The number of hydrogen-bond acceptors (Lipinski definition) is 5. The van der Waals surface area contributed by atoms with E-state index in [-0.39, 0.29) is 0 Å². The van der Waals surface area contributed by atoms with Crippen LogP contribution in [0, 0.1) is 0 Å². The Balaban J connectivity index is 1.41. The quantitative estimate of drug-likeness (QED) is 0.530. The minimum absolute atomic E-state index is 0.369. The van der Waals surface area contributed by atoms with Crippen molar-refractivity contribution < 1.29 is 4.74 Å². The fraction of sp³-hybridized carbons (Fsp3) is 0.316. The highest BCUT2D eigenvalue weighted by molar-refractivity contribution is 7.99. The summed E-state index contributed by atoms with van der Waals surface area (Å²) in [7, 11) is 0. The minimum Gasteiger partial charge on any atom is -0.484 e. The maximum atomic E-state index is 6.16. The molecule has 0 unspecified atom stereocenters. The number of pyridine rings is 1. The van der Waals surface area contributed by atoms with Crippen molar-refractivity contribution in [1.82, 2.24) is 19.7 Å². The first kappa shape index (κ1) is 17.4. The van der Waals surface area contributed by atoms with Crippen LogP contribution in [-0.4, -0.2) is 25.5 Å². The predicted molar refractivity (Wildman–Crippen MR) is 103 cm³/mol. The Morgan fingerprint density at radius 1 is 1.12 bits per heavy atom. The highest BCUT2D eigenvalue weighted by Crippen LogP contribution is 2.39. The van der Waals surface area contributed by atoms with E-state index in [2.05, 4.69) is 25.8 Å². The van der Waals surface area contributed by atoms with Gasteiger partial charge in [-0.05, 0) is 43.5 Å². The Hall–Kier alpha value is -2.05. The van der Waals surface area contributed by atoms with Crippen LogP contribution in [0.2, 0.25) is 5.02 Å². The highest BCUT2D eigenvalue weighted by Gasteiger charge is 2.29. The molecule has 7 heteroatoms. The highest BCUT2D eigenvalue weighted by atomic mass is 35.5. The number of aromatic nitrogens is 4. The molecule has 2 aromatic heterocycles. The Labute approximate surface area is 161 Å². The first-order valence-corrected chi connectivity index (χ1v) is 10.0. The van der Waals surface area contributed by atoms with Gasteiger partial charge in [-0.1, -0.05) is 41.6 Å². The van der Waals surface area contributed by atoms with Crippen LogP contribution in [-0.2, 0) is 13.0 Å². The molecule has 134 valence electrons. The first-order chi connectivity index (χ1) is 12.8. The lowest BCUT2D eigenvalue weighted by molar-refractivity contribution is 0.288. The Morgan fingerprint density at radius 2 is 1.96 bits per heavy atom. The number of thioether (sulfide) groups is 1. The van der Waals surface area contributed by atoms with Crippen molar-refractivity contribution in [2.45, 2.75) is 37.1 Å². The number of para-hydroxylation sites is 1. The van der Waals surface area contributed by atoms with Crippen molar-refractivity contribution in [3.63, 3.8) is 0 Å². The van der Waals surface area contributed by atoms with Gasteiger partial charge in [-0.3, -0.25) is 4.98 Å². The zero-order valence-corrected chi connectivity index (χ0v) is 15.8. The average molecular weight is 387 g/mol. The normalized spacial score (nSPS) is 13.7. The lowest BCUT2D eigenvalue weighted by Gasteiger charge is -2.10. The fourth-order valence-electron chi connectivity index (χ4n) is 2.70. The van der Waals surface area contributed by atoms with Crippen molar-refractivity contribution in [1.29, 1.82) is 0 Å². The van der Waals surface area contributed by atoms with Gasteiger partial charge in [-0.15, -0.1) is 10.2 Å². The van der Waals surface area contributed by atoms with Crippen molar-refractivity contribution in [3.8, 4) is 5.75 Å². The molecule has 0 radical (unpaired) electrons. The van der Waals surface area contributed by atoms with Crippen molar-refractivity contribution in [2.75, 3.05) is 5.75 Å². The maximum Gasteiger partial charge on any atom is 0.191 e. The molecule has 1 saturated carbocycles. The predicted octanol–water partition coefficient (Wildman–Crippen LogP) is 4.58. The molecule has 26 heavy (non-hydrogen) atoms. The number of rotatable bonds is 8. The molecule has 0 aliphatic heterocycles. The van der Waals surface area contributed by atoms with Gasteiger partial charge >= 0.3 is 0 Å². The number of nitrogens with zero attached hydrogens (tertiary/aromatic N) is 4. The second-order valence-electron chi connectivity index (χ2n) is 6.14. The van der Waals surface area contributed by atoms with Crippen LogP contribution in [0.25, 0.3) is 0 Å². The van der Waals surface area contributed by atoms with E-state index in [9.17, 15) is 0 Å². The van der Waals surface area contributed by atoms with Gasteiger partial charge in [0.15, 0.2) is 11.0 Å². The standard InChI is InChI=1S/C19H19ClN4OS/c20-16-6-1-2-7-17(16)25-13-18-22-23-19(24(18)15-8-9-15)26-12-10-14-5-3-4-11-21-14/h1-7,11,15H,8-10,12-13H2. The van der Waals surface area contributed by atoms with E-state index in [1.807, 2.05) is 42.6 Å². The van der Waals surface area contributed by atoms with Crippen LogP contribution in [0.3, 0.4) is 0 Å². The van der Waals surface area contributed by atoms with Crippen LogP contribution in [0.15, 0.2) is 53.8 Å². The second-order valence-corrected chi connectivity index (χ2v) is 7.61. The van der Waals surface area contributed by atoms with Gasteiger partial charge in [0.25, 0.3) is 0 Å². The Bertz CT molecular complexity index is 867. The average Bonchev–Trinajstić information content (AvgIpc) is 3.43. The zero-order valence-electron chi connectivity index (χ0n) is 14.2. The minimum atomic E-state index is 0.369. The summed E-state index contributed by atoms with van der Waals surface area (Å²) in [5.74, 6) is 2.45. The molecule has 0 amide bonds. The van der Waals surface area contributed by atoms with E-state index in [0.717, 1.165) is 28.8 Å². The molecule has 3 aromatic rings. The summed E-state index contributed by atoms with van der Waals surface area (Å²) in [6, 6.07) is 14.0. The molecule has 1 aliphatic rings. The summed E-state index contributed by atoms with van der Waals surface area (Å²) in [5, 5.41) is 10.3. The van der Waals surface area contributed by atoms with E-state index in [1.165, 1.54) is 12.8 Å². The van der Waals surface area contributed by atoms with Gasteiger partial charge in [0, 0.05) is 23.7 Å². The van der Waals surface area contributed by atoms with E-state index in [1.54, 1.807) is 11.8 Å². The number of halogens is 1. The summed E-state index contributed by atoms with van der Waals surface area (Å²) < 4.78 is 8.08. The number of ether oxygens (including phenoxy) is 1. The maximum absolute atomic E-state index is 6.16. The summed E-state index contributed by atoms with van der Waals surface area (Å²) in [5.41, 5.74) is 1.10. The van der Waals surface area contributed by atoms with Crippen LogP contribution in [0.4, 0.5) is 0 Å². The van der Waals surface area contributed by atoms with Gasteiger partial charge in [-0.25, -0.2) is 0 Å². The molecule has 5 nitrogen and oxygen atoms in total. The van der Waals surface area contributed by atoms with Crippen molar-refractivity contribution >= 4 is 23.4 Å². The monoisotopic (exact) mass is 386 g/mol. The van der Waals surface area contributed by atoms with Crippen LogP contribution < -0.4 is 4.74 Å². The molecule has 0 atom stereocenters. The van der Waals surface area contributed by atoms with Gasteiger partial charge in [-0.2, -0.15) is 0 Å². The molecule has 0 saturated heterocycles. The molecular formula is C19H19ClN4OS. The largest absolute Gasteiger partial charge is 0.484 e. The molecule has 2 heterocycles. The fourth-order valence-corrected chi connectivity index (χ4v) is 3.88. The third-order valence-corrected chi connectivity index (χ3v) is 5.41. The summed E-state index contributed by atoms with van der Waals surface area (Å²) in [6.07, 6.45) is 5.08. The van der Waals surface area contributed by atoms with Crippen LogP contribution in [0.5, 0.6) is 5.75 Å². The molecule has 0 N–H and O–H groups in total. The van der Waals surface area contributed by atoms with E-state index in [0.29, 0.717) is 23.4 Å². The second kappa shape index (κ2) is 8.10. The van der Waals surface area contributed by atoms with E-state index < -0.39 is 0 Å². The van der Waals surface area contributed by atoms with Gasteiger partial charge in [0.2, 0.25) is 0 Å². The SMILES string of the molecule is Clc1ccccc1OCc1nnc(SCCc2ccccn2)n1C1CC1. The molecule has 1 aliphatic carbocycles. The topological polar surface area (TPSA) is 52.8 Å². The van der Waals surface area contributed by atoms with Gasteiger partial charge in [0.1, 0.15) is 12.4 Å². The van der Waals surface area contributed by atoms with E-state index in [4.69, 9.17) is 16.3 Å². The van der Waals surface area contributed by atoms with Crippen LogP contribution >= 0.6 is 23.4 Å². The molecule has 1 fully saturated rings. The number of aryl methyl sites for hydroxylation is 1. The summed E-state index contributed by atoms with van der Waals surface area (Å²) in [6.45, 7) is 0.369. The molecule has 4 rings (SSSR count). The van der Waals surface area contributed by atoms with Crippen molar-refractivity contribution in [3.05, 3.63) is 65.2 Å². The van der Waals surface area contributed by atoms with Crippen molar-refractivity contribution in [2.24, 2.45) is 0 Å². The zero-order chi connectivity index (χ0) is 17.8. The first-order valence-electron chi connectivity index (χ1n) is 8.65.